The van der Waals surface area contributed by atoms with Crippen molar-refractivity contribution in [2.24, 2.45) is 15.3 Å². The number of amides is 1. The van der Waals surface area contributed by atoms with Gasteiger partial charge in [0.15, 0.2) is 6.04 Å². The minimum absolute atomic E-state index is 0. The van der Waals surface area contributed by atoms with E-state index in [1.165, 1.54) is 19.1 Å². The molecule has 1 heterocycles. The van der Waals surface area contributed by atoms with Gasteiger partial charge in [-0.15, -0.1) is 0 Å². The number of non-ortho nitro benzene ring substituents is 1. The third-order valence-corrected chi connectivity index (χ3v) is 5.12. The maximum atomic E-state index is 12.6. The molecule has 1 unspecified atom stereocenters. The second kappa shape index (κ2) is 9.38. The Morgan fingerprint density at radius 1 is 1.26 bits per heavy atom. The summed E-state index contributed by atoms with van der Waals surface area (Å²) in [6, 6.07) is 5.26. The molecule has 1 N–H and O–H groups in total. The standard InChI is InChI=1S/C16H12ClN5O7S.Na/c1-8-14(19-18-13-7-10(22(25)26)6-12(17)15(13)23)16(24)21(20-8)9-2-4-11(5-3-9)30(27,28)29;/h2-7,14,23H,1H3,(H,27,28,29);/q;+1/p-1. The Balaban J connectivity index is 0.00000341. The second-order valence-electron chi connectivity index (χ2n) is 6.01. The Morgan fingerprint density at radius 3 is 2.42 bits per heavy atom. The first-order valence-electron chi connectivity index (χ1n) is 8.01. The molecule has 0 saturated carbocycles. The zero-order chi connectivity index (χ0) is 22.2. The molecule has 0 aliphatic carbocycles. The fourth-order valence-corrected chi connectivity index (χ4v) is 3.19. The van der Waals surface area contributed by atoms with Crippen LogP contribution in [0.1, 0.15) is 6.92 Å². The van der Waals surface area contributed by atoms with Gasteiger partial charge in [0.05, 0.1) is 26.9 Å². The van der Waals surface area contributed by atoms with E-state index < -0.39 is 49.1 Å². The molecule has 0 fully saturated rings. The van der Waals surface area contributed by atoms with Crippen LogP contribution in [0.3, 0.4) is 0 Å². The first-order chi connectivity index (χ1) is 14.0. The van der Waals surface area contributed by atoms with E-state index in [1.807, 2.05) is 0 Å². The number of carbonyl (C=O) groups excluding carboxylic acids is 1. The molecule has 0 spiro atoms. The summed E-state index contributed by atoms with van der Waals surface area (Å²) in [5, 5.41) is 34.9. The van der Waals surface area contributed by atoms with Crippen molar-refractivity contribution < 1.29 is 57.4 Å². The Morgan fingerprint density at radius 2 is 1.87 bits per heavy atom. The van der Waals surface area contributed by atoms with Crippen LogP contribution in [0.4, 0.5) is 17.1 Å². The summed E-state index contributed by atoms with van der Waals surface area (Å²) in [4.78, 5) is 22.4. The fourth-order valence-electron chi connectivity index (χ4n) is 2.50. The minimum atomic E-state index is -4.40. The van der Waals surface area contributed by atoms with E-state index in [4.69, 9.17) is 16.2 Å². The van der Waals surface area contributed by atoms with E-state index in [9.17, 15) is 28.4 Å². The van der Waals surface area contributed by atoms with Crippen LogP contribution >= 0.6 is 11.6 Å². The topological polar surface area (TPSA) is 178 Å². The molecule has 1 amide bonds. The number of hydrogen-bond acceptors (Lipinski definition) is 9. The molecule has 0 aromatic heterocycles. The first-order valence-corrected chi connectivity index (χ1v) is 9.83. The molecule has 156 valence electrons. The monoisotopic (exact) mass is 475 g/mol. The van der Waals surface area contributed by atoms with E-state index in [-0.39, 0.29) is 45.9 Å². The van der Waals surface area contributed by atoms with Gasteiger partial charge in [0.1, 0.15) is 0 Å². The maximum absolute atomic E-state index is 12.6. The number of benzene rings is 2. The Bertz CT molecular complexity index is 1220. The molecule has 12 nitrogen and oxygen atoms in total. The van der Waals surface area contributed by atoms with Crippen molar-refractivity contribution >= 4 is 50.4 Å². The minimum Gasteiger partial charge on any atom is -0.870 e. The molecule has 2 aromatic rings. The number of hydrazone groups is 1. The maximum Gasteiger partial charge on any atom is 1.00 e. The molecule has 1 atom stereocenters. The predicted molar refractivity (Wildman–Crippen MR) is 103 cm³/mol. The van der Waals surface area contributed by atoms with Crippen LogP contribution < -0.4 is 39.7 Å². The number of halogens is 1. The van der Waals surface area contributed by atoms with Crippen LogP contribution in [0.15, 0.2) is 56.6 Å². The summed E-state index contributed by atoms with van der Waals surface area (Å²) in [5.41, 5.74) is -0.457. The van der Waals surface area contributed by atoms with Crippen LogP contribution in [-0.2, 0) is 14.9 Å². The number of rotatable bonds is 5. The molecule has 2 aromatic carbocycles. The van der Waals surface area contributed by atoms with Crippen LogP contribution in [-0.4, -0.2) is 35.6 Å². The number of nitro groups is 1. The van der Waals surface area contributed by atoms with Crippen molar-refractivity contribution in [1.82, 2.24) is 0 Å². The summed E-state index contributed by atoms with van der Waals surface area (Å²) in [5.74, 6) is -1.44. The Kier molecular flexibility index (Phi) is 7.52. The number of nitro benzene ring substituents is 1. The number of anilines is 1. The normalized spacial score (nSPS) is 16.4. The average Bonchev–Trinajstić information content (AvgIpc) is 2.96. The molecule has 0 saturated heterocycles. The van der Waals surface area contributed by atoms with Crippen LogP contribution in [0.25, 0.3) is 0 Å². The van der Waals surface area contributed by atoms with E-state index in [0.717, 1.165) is 29.3 Å². The smallest absolute Gasteiger partial charge is 0.870 e. The van der Waals surface area contributed by atoms with E-state index in [2.05, 4.69) is 15.3 Å². The quantitative estimate of drug-likeness (QED) is 0.198. The van der Waals surface area contributed by atoms with E-state index in [0.29, 0.717) is 0 Å². The van der Waals surface area contributed by atoms with Gasteiger partial charge in [0, 0.05) is 17.2 Å². The molecule has 0 radical (unpaired) electrons. The molecule has 31 heavy (non-hydrogen) atoms. The number of azo groups is 1. The SMILES string of the molecule is CC1=NN(c2ccc(S(=O)(=O)O)cc2)C(=O)C1N=Nc1cc([N+](=O)[O-])cc(Cl)c1[O-].[Na+]. The van der Waals surface area contributed by atoms with Crippen molar-refractivity contribution in [3.05, 3.63) is 51.5 Å². The zero-order valence-electron chi connectivity index (χ0n) is 16.0. The summed E-state index contributed by atoms with van der Waals surface area (Å²) in [6.45, 7) is 1.48. The number of nitrogens with zero attached hydrogens (tertiary/aromatic N) is 5. The molecule has 15 heteroatoms. The van der Waals surface area contributed by atoms with E-state index >= 15 is 0 Å². The molecular weight excluding hydrogens is 465 g/mol. The third-order valence-electron chi connectivity index (χ3n) is 3.98. The van der Waals surface area contributed by atoms with Crippen molar-refractivity contribution in [2.45, 2.75) is 17.9 Å². The second-order valence-corrected chi connectivity index (χ2v) is 7.84. The largest absolute Gasteiger partial charge is 1.00 e. The van der Waals surface area contributed by atoms with Crippen molar-refractivity contribution in [1.29, 1.82) is 0 Å². The Labute approximate surface area is 202 Å². The van der Waals surface area contributed by atoms with Crippen molar-refractivity contribution in [3.8, 4) is 5.75 Å². The Hall–Kier alpha value is -2.42. The van der Waals surface area contributed by atoms with Gasteiger partial charge in [-0.1, -0.05) is 17.4 Å². The van der Waals surface area contributed by atoms with Crippen molar-refractivity contribution in [2.75, 3.05) is 5.01 Å². The average molecular weight is 476 g/mol. The van der Waals surface area contributed by atoms with Gasteiger partial charge in [0.2, 0.25) is 0 Å². The summed E-state index contributed by atoms with van der Waals surface area (Å²) >= 11 is 5.69. The summed E-state index contributed by atoms with van der Waals surface area (Å²) < 4.78 is 31.2. The molecular formula is C16H11ClN5NaO7S. The summed E-state index contributed by atoms with van der Waals surface area (Å²) in [7, 11) is -4.40. The van der Waals surface area contributed by atoms with Crippen LogP contribution in [0.5, 0.6) is 5.75 Å². The fraction of sp³-hybridized carbons (Fsp3) is 0.125. The van der Waals surface area contributed by atoms with Gasteiger partial charge in [-0.05, 0) is 31.2 Å². The van der Waals surface area contributed by atoms with Gasteiger partial charge in [-0.2, -0.15) is 28.8 Å². The van der Waals surface area contributed by atoms with Gasteiger partial charge >= 0.3 is 29.6 Å². The molecule has 1 aliphatic rings. The predicted octanol–water partition coefficient (Wildman–Crippen LogP) is -0.553. The van der Waals surface area contributed by atoms with Gasteiger partial charge in [0.25, 0.3) is 21.7 Å². The first kappa shape index (κ1) is 24.8. The van der Waals surface area contributed by atoms with Gasteiger partial charge in [-0.3, -0.25) is 19.5 Å². The van der Waals surface area contributed by atoms with Gasteiger partial charge in [-0.25, -0.2) is 0 Å². The zero-order valence-corrected chi connectivity index (χ0v) is 19.5. The van der Waals surface area contributed by atoms with Crippen LogP contribution in [0, 0.1) is 10.1 Å². The molecule has 1 aliphatic heterocycles. The molecule has 3 rings (SSSR count). The van der Waals surface area contributed by atoms with Crippen LogP contribution in [0.2, 0.25) is 5.02 Å². The third kappa shape index (κ3) is 5.26. The summed E-state index contributed by atoms with van der Waals surface area (Å²) in [6.07, 6.45) is 0. The molecule has 0 bridgehead atoms. The number of carbonyl (C=O) groups is 1. The van der Waals surface area contributed by atoms with Crippen molar-refractivity contribution in [3.63, 3.8) is 0 Å². The number of hydrogen-bond donors (Lipinski definition) is 1. The van der Waals surface area contributed by atoms with E-state index in [1.54, 1.807) is 0 Å². The van der Waals surface area contributed by atoms with Gasteiger partial charge < -0.3 is 5.11 Å².